The number of hydrogen-bond acceptors (Lipinski definition) is 4. The van der Waals surface area contributed by atoms with Gasteiger partial charge >= 0.3 is 0 Å². The van der Waals surface area contributed by atoms with Crippen LogP contribution in [0.4, 0.5) is 0 Å². The summed E-state index contributed by atoms with van der Waals surface area (Å²) in [5.74, 6) is -0.166. The lowest BCUT2D eigenvalue weighted by atomic mass is 10.0. The Bertz CT molecular complexity index is 640. The van der Waals surface area contributed by atoms with E-state index in [9.17, 15) is 13.2 Å². The fourth-order valence-electron chi connectivity index (χ4n) is 3.02. The number of nitrogens with one attached hydrogen (secondary N) is 1. The predicted octanol–water partition coefficient (Wildman–Crippen LogP) is 1.82. The third kappa shape index (κ3) is 5.95. The van der Waals surface area contributed by atoms with E-state index in [0.717, 1.165) is 18.4 Å². The molecular weight excluding hydrogens is 362 g/mol. The van der Waals surface area contributed by atoms with Gasteiger partial charge in [-0.1, -0.05) is 43.7 Å². The fraction of sp³-hybridized carbons (Fsp3) is 0.588. The second-order valence-corrected chi connectivity index (χ2v) is 8.24. The summed E-state index contributed by atoms with van der Waals surface area (Å²) < 4.78 is 26.1. The molecule has 0 saturated carbocycles. The number of benzene rings is 1. The van der Waals surface area contributed by atoms with E-state index in [1.165, 1.54) is 4.31 Å². The van der Waals surface area contributed by atoms with Crippen molar-refractivity contribution in [3.8, 4) is 0 Å². The van der Waals surface area contributed by atoms with Crippen molar-refractivity contribution in [3.63, 3.8) is 0 Å². The number of nitrogens with two attached hydrogens (primary N) is 1. The van der Waals surface area contributed by atoms with Gasteiger partial charge in [-0.15, -0.1) is 12.4 Å². The van der Waals surface area contributed by atoms with Crippen molar-refractivity contribution in [1.29, 1.82) is 0 Å². The van der Waals surface area contributed by atoms with Crippen molar-refractivity contribution in [2.45, 2.75) is 44.7 Å². The number of piperidine rings is 1. The van der Waals surface area contributed by atoms with E-state index in [4.69, 9.17) is 5.73 Å². The molecule has 1 aliphatic rings. The molecule has 0 aromatic heterocycles. The Morgan fingerprint density at radius 2 is 2.00 bits per heavy atom. The zero-order valence-corrected chi connectivity index (χ0v) is 16.2. The summed E-state index contributed by atoms with van der Waals surface area (Å²) in [5, 5.41) is 2.82. The molecule has 2 unspecified atom stereocenters. The number of carbonyl (C=O) groups excluding carboxylic acids is 1. The zero-order valence-electron chi connectivity index (χ0n) is 14.6. The summed E-state index contributed by atoms with van der Waals surface area (Å²) in [6.45, 7) is 2.54. The maximum Gasteiger partial charge on any atom is 0.238 e. The van der Waals surface area contributed by atoms with Crippen molar-refractivity contribution >= 4 is 28.3 Å². The first-order valence-corrected chi connectivity index (χ1v) is 10.1. The molecule has 1 fully saturated rings. The molecule has 1 saturated heterocycles. The van der Waals surface area contributed by atoms with Crippen LogP contribution in [0.1, 0.15) is 44.2 Å². The van der Waals surface area contributed by atoms with Gasteiger partial charge in [0.2, 0.25) is 15.9 Å². The first kappa shape index (κ1) is 21.9. The summed E-state index contributed by atoms with van der Waals surface area (Å²) in [4.78, 5) is 12.5. The Labute approximate surface area is 156 Å². The minimum atomic E-state index is -3.38. The largest absolute Gasteiger partial charge is 0.353 e. The number of sulfonamides is 1. The van der Waals surface area contributed by atoms with Crippen molar-refractivity contribution in [2.75, 3.05) is 18.8 Å². The van der Waals surface area contributed by atoms with E-state index in [2.05, 4.69) is 5.32 Å². The molecule has 0 radical (unpaired) electrons. The van der Waals surface area contributed by atoms with E-state index >= 15 is 0 Å². The van der Waals surface area contributed by atoms with Crippen LogP contribution in [0.3, 0.4) is 0 Å². The minimum Gasteiger partial charge on any atom is -0.353 e. The normalized spacial score (nSPS) is 19.7. The standard InChI is InChI=1S/C17H27N3O3S.ClH/c1-2-12-24(22,23)20-11-7-6-10-16(20)17(21)19-13-15(18)14-8-4-3-5-9-14;/h3-5,8-9,15-16H,2,6-7,10-13,18H2,1H3,(H,19,21);1H. The van der Waals surface area contributed by atoms with E-state index in [0.29, 0.717) is 25.9 Å². The van der Waals surface area contributed by atoms with Gasteiger partial charge in [0.15, 0.2) is 0 Å². The summed E-state index contributed by atoms with van der Waals surface area (Å²) in [7, 11) is -3.38. The maximum absolute atomic E-state index is 12.5. The Kier molecular flexibility index (Phi) is 8.85. The lowest BCUT2D eigenvalue weighted by Crippen LogP contribution is -2.53. The topological polar surface area (TPSA) is 92.5 Å². The van der Waals surface area contributed by atoms with Crippen molar-refractivity contribution in [2.24, 2.45) is 5.73 Å². The van der Waals surface area contributed by atoms with Gasteiger partial charge in [-0.25, -0.2) is 8.42 Å². The molecule has 2 rings (SSSR count). The Morgan fingerprint density at radius 3 is 2.64 bits per heavy atom. The van der Waals surface area contributed by atoms with Crippen molar-refractivity contribution < 1.29 is 13.2 Å². The predicted molar refractivity (Wildman–Crippen MR) is 102 cm³/mol. The smallest absolute Gasteiger partial charge is 0.238 e. The molecule has 25 heavy (non-hydrogen) atoms. The molecule has 8 heteroatoms. The van der Waals surface area contributed by atoms with Crippen molar-refractivity contribution in [1.82, 2.24) is 9.62 Å². The highest BCUT2D eigenvalue weighted by atomic mass is 35.5. The van der Waals surface area contributed by atoms with E-state index in [1.54, 1.807) is 0 Å². The maximum atomic E-state index is 12.5. The molecule has 142 valence electrons. The van der Waals surface area contributed by atoms with Crippen LogP contribution in [-0.4, -0.2) is 43.5 Å². The molecule has 1 aliphatic heterocycles. The molecule has 0 spiro atoms. The molecule has 1 aromatic carbocycles. The molecular formula is C17H28ClN3O3S. The van der Waals surface area contributed by atoms with Gasteiger partial charge in [0.1, 0.15) is 6.04 Å². The second-order valence-electron chi connectivity index (χ2n) is 6.20. The second kappa shape index (κ2) is 10.1. The van der Waals surface area contributed by atoms with Gasteiger partial charge in [-0.2, -0.15) is 4.31 Å². The van der Waals surface area contributed by atoms with Gasteiger partial charge in [0.25, 0.3) is 0 Å². The van der Waals surface area contributed by atoms with Gasteiger partial charge in [0, 0.05) is 19.1 Å². The summed E-state index contributed by atoms with van der Waals surface area (Å²) in [6, 6.07) is 8.62. The monoisotopic (exact) mass is 389 g/mol. The highest BCUT2D eigenvalue weighted by Gasteiger charge is 2.36. The first-order chi connectivity index (χ1) is 11.5. The number of amides is 1. The molecule has 1 heterocycles. The third-order valence-corrected chi connectivity index (χ3v) is 6.38. The molecule has 2 atom stereocenters. The molecule has 6 nitrogen and oxygen atoms in total. The summed E-state index contributed by atoms with van der Waals surface area (Å²) in [6.07, 6.45) is 2.78. The minimum absolute atomic E-state index is 0. The van der Waals surface area contributed by atoms with Crippen LogP contribution in [0.5, 0.6) is 0 Å². The lowest BCUT2D eigenvalue weighted by molar-refractivity contribution is -0.125. The summed E-state index contributed by atoms with van der Waals surface area (Å²) in [5.41, 5.74) is 7.04. The average Bonchev–Trinajstić information content (AvgIpc) is 2.60. The molecule has 0 aliphatic carbocycles. The highest BCUT2D eigenvalue weighted by Crippen LogP contribution is 2.21. The van der Waals surface area contributed by atoms with Crippen LogP contribution in [-0.2, 0) is 14.8 Å². The van der Waals surface area contributed by atoms with Crippen molar-refractivity contribution in [3.05, 3.63) is 35.9 Å². The third-order valence-electron chi connectivity index (χ3n) is 4.30. The van der Waals surface area contributed by atoms with Crippen LogP contribution >= 0.6 is 12.4 Å². The van der Waals surface area contributed by atoms with E-state index in [1.807, 2.05) is 37.3 Å². The van der Waals surface area contributed by atoms with Gasteiger partial charge in [-0.3, -0.25) is 4.79 Å². The molecule has 1 amide bonds. The quantitative estimate of drug-likeness (QED) is 0.743. The molecule has 0 bridgehead atoms. The number of carbonyl (C=O) groups is 1. The Hall–Kier alpha value is -1.15. The molecule has 3 N–H and O–H groups in total. The number of nitrogens with zero attached hydrogens (tertiary/aromatic N) is 1. The van der Waals surface area contributed by atoms with E-state index in [-0.39, 0.29) is 30.1 Å². The SMILES string of the molecule is CCCS(=O)(=O)N1CCCCC1C(=O)NCC(N)c1ccccc1.Cl. The average molecular weight is 390 g/mol. The van der Waals surface area contributed by atoms with Crippen LogP contribution in [0.25, 0.3) is 0 Å². The zero-order chi connectivity index (χ0) is 17.6. The lowest BCUT2D eigenvalue weighted by Gasteiger charge is -2.33. The number of hydrogen-bond donors (Lipinski definition) is 2. The number of halogens is 1. The summed E-state index contributed by atoms with van der Waals surface area (Å²) >= 11 is 0. The Balaban J connectivity index is 0.00000312. The Morgan fingerprint density at radius 1 is 1.32 bits per heavy atom. The van der Waals surface area contributed by atoms with Gasteiger partial charge in [-0.05, 0) is 24.8 Å². The van der Waals surface area contributed by atoms with Gasteiger partial charge < -0.3 is 11.1 Å². The van der Waals surface area contributed by atoms with Crippen LogP contribution in [0.2, 0.25) is 0 Å². The van der Waals surface area contributed by atoms with Gasteiger partial charge in [0.05, 0.1) is 5.75 Å². The van der Waals surface area contributed by atoms with Crippen LogP contribution in [0, 0.1) is 0 Å². The fourth-order valence-corrected chi connectivity index (χ4v) is 4.77. The van der Waals surface area contributed by atoms with Crippen LogP contribution in [0.15, 0.2) is 30.3 Å². The van der Waals surface area contributed by atoms with E-state index < -0.39 is 16.1 Å². The number of rotatable bonds is 7. The molecule has 1 aromatic rings. The highest BCUT2D eigenvalue weighted by molar-refractivity contribution is 7.89. The van der Waals surface area contributed by atoms with Crippen LogP contribution < -0.4 is 11.1 Å². The first-order valence-electron chi connectivity index (χ1n) is 8.53.